The highest BCUT2D eigenvalue weighted by atomic mass is 32.1. The minimum absolute atomic E-state index is 0.0454. The van der Waals surface area contributed by atoms with Crippen LogP contribution in [0.4, 0.5) is 13.2 Å². The van der Waals surface area contributed by atoms with Gasteiger partial charge in [0.1, 0.15) is 5.60 Å². The highest BCUT2D eigenvalue weighted by molar-refractivity contribution is 7.11. The lowest BCUT2D eigenvalue weighted by molar-refractivity contribution is -0.137. The fourth-order valence-corrected chi connectivity index (χ4v) is 3.51. The summed E-state index contributed by atoms with van der Waals surface area (Å²) in [5, 5.41) is 9.63. The zero-order chi connectivity index (χ0) is 12.7. The van der Waals surface area contributed by atoms with Gasteiger partial charge in [-0.3, -0.25) is 0 Å². The molecule has 6 heteroatoms. The van der Waals surface area contributed by atoms with Gasteiger partial charge in [0.05, 0.1) is 4.88 Å². The summed E-state index contributed by atoms with van der Waals surface area (Å²) >= 11 is 0.569. The summed E-state index contributed by atoms with van der Waals surface area (Å²) in [4.78, 5) is 3.74. The molecule has 96 valence electrons. The van der Waals surface area contributed by atoms with Crippen LogP contribution in [0.5, 0.6) is 0 Å². The molecule has 1 aromatic heterocycles. The lowest BCUT2D eigenvalue weighted by Crippen LogP contribution is -2.28. The Morgan fingerprint density at radius 3 is 2.82 bits per heavy atom. The molecule has 1 aliphatic rings. The normalized spacial score (nSPS) is 29.8. The molecular formula is C11H14F3NOS. The van der Waals surface area contributed by atoms with Crippen LogP contribution in [0, 0.1) is 5.92 Å². The van der Waals surface area contributed by atoms with Crippen LogP contribution in [0.2, 0.25) is 0 Å². The largest absolute Gasteiger partial charge is 0.443 e. The van der Waals surface area contributed by atoms with Gasteiger partial charge in [0.2, 0.25) is 0 Å². The van der Waals surface area contributed by atoms with Gasteiger partial charge in [-0.1, -0.05) is 13.3 Å². The van der Waals surface area contributed by atoms with E-state index in [9.17, 15) is 18.3 Å². The summed E-state index contributed by atoms with van der Waals surface area (Å²) < 4.78 is 37.4. The van der Waals surface area contributed by atoms with Crippen LogP contribution in [0.1, 0.15) is 42.5 Å². The van der Waals surface area contributed by atoms with Gasteiger partial charge < -0.3 is 5.11 Å². The highest BCUT2D eigenvalue weighted by Crippen LogP contribution is 2.48. The second kappa shape index (κ2) is 4.24. The first kappa shape index (κ1) is 12.8. The predicted octanol–water partition coefficient (Wildman–Crippen LogP) is 3.56. The van der Waals surface area contributed by atoms with E-state index in [1.807, 2.05) is 6.92 Å². The van der Waals surface area contributed by atoms with Crippen molar-refractivity contribution in [3.8, 4) is 0 Å². The van der Waals surface area contributed by atoms with Crippen molar-refractivity contribution < 1.29 is 18.3 Å². The first-order valence-electron chi connectivity index (χ1n) is 5.64. The number of hydrogen-bond acceptors (Lipinski definition) is 3. The number of aliphatic hydroxyl groups is 1. The Morgan fingerprint density at radius 1 is 1.59 bits per heavy atom. The Labute approximate surface area is 101 Å². The Kier molecular flexibility index (Phi) is 3.20. The van der Waals surface area contributed by atoms with Crippen LogP contribution in [-0.4, -0.2) is 10.1 Å². The van der Waals surface area contributed by atoms with Gasteiger partial charge in [-0.05, 0) is 25.2 Å². The Hall–Kier alpha value is -0.620. The van der Waals surface area contributed by atoms with Crippen molar-refractivity contribution in [1.29, 1.82) is 0 Å². The standard InChI is InChI=1S/C11H14F3NOS/c1-2-7-4-3-5-10(7,16)8-6-15-9(17-8)11(12,13)14/h6-7,16H,2-5H2,1H3. The van der Waals surface area contributed by atoms with Gasteiger partial charge in [0.15, 0.2) is 5.01 Å². The second-order valence-electron chi connectivity index (χ2n) is 4.45. The van der Waals surface area contributed by atoms with Gasteiger partial charge in [0.25, 0.3) is 0 Å². The number of halogens is 3. The van der Waals surface area contributed by atoms with E-state index in [-0.39, 0.29) is 5.92 Å². The van der Waals surface area contributed by atoms with Crippen molar-refractivity contribution in [3.05, 3.63) is 16.1 Å². The molecule has 2 nitrogen and oxygen atoms in total. The number of alkyl halides is 3. The molecule has 1 saturated carbocycles. The maximum absolute atomic E-state index is 12.5. The van der Waals surface area contributed by atoms with Crippen molar-refractivity contribution in [2.45, 2.75) is 44.4 Å². The SMILES string of the molecule is CCC1CCCC1(O)c1cnc(C(F)(F)F)s1. The van der Waals surface area contributed by atoms with E-state index in [4.69, 9.17) is 0 Å². The summed E-state index contributed by atoms with van der Waals surface area (Å²) in [6.45, 7) is 1.95. The fraction of sp³-hybridized carbons (Fsp3) is 0.727. The van der Waals surface area contributed by atoms with Crippen LogP contribution in [0.25, 0.3) is 0 Å². The van der Waals surface area contributed by atoms with E-state index < -0.39 is 16.8 Å². The van der Waals surface area contributed by atoms with Crippen LogP contribution in [0.3, 0.4) is 0 Å². The van der Waals surface area contributed by atoms with Crippen LogP contribution in [0.15, 0.2) is 6.20 Å². The summed E-state index contributed by atoms with van der Waals surface area (Å²) in [6, 6.07) is 0. The van der Waals surface area contributed by atoms with Gasteiger partial charge >= 0.3 is 6.18 Å². The van der Waals surface area contributed by atoms with Crippen molar-refractivity contribution >= 4 is 11.3 Å². The molecular weight excluding hydrogens is 251 g/mol. The number of nitrogens with zero attached hydrogens (tertiary/aromatic N) is 1. The topological polar surface area (TPSA) is 33.1 Å². The third-order valence-electron chi connectivity index (χ3n) is 3.45. The van der Waals surface area contributed by atoms with Crippen molar-refractivity contribution in [3.63, 3.8) is 0 Å². The molecule has 1 fully saturated rings. The highest BCUT2D eigenvalue weighted by Gasteiger charge is 2.44. The van der Waals surface area contributed by atoms with E-state index in [0.29, 0.717) is 22.6 Å². The van der Waals surface area contributed by atoms with Gasteiger partial charge in [-0.2, -0.15) is 13.2 Å². The molecule has 0 saturated heterocycles. The van der Waals surface area contributed by atoms with E-state index >= 15 is 0 Å². The minimum Gasteiger partial charge on any atom is -0.384 e. The van der Waals surface area contributed by atoms with Crippen LogP contribution >= 0.6 is 11.3 Å². The number of rotatable bonds is 2. The molecule has 2 rings (SSSR count). The monoisotopic (exact) mass is 265 g/mol. The van der Waals surface area contributed by atoms with Crippen molar-refractivity contribution in [2.75, 3.05) is 0 Å². The summed E-state index contributed by atoms with van der Waals surface area (Å²) in [6.07, 6.45) is -0.206. The first-order chi connectivity index (χ1) is 7.88. The Balaban J connectivity index is 2.31. The number of hydrogen-bond donors (Lipinski definition) is 1. The molecule has 1 aliphatic carbocycles. The summed E-state index contributed by atoms with van der Waals surface area (Å²) in [5.74, 6) is 0.0454. The van der Waals surface area contributed by atoms with E-state index in [1.54, 1.807) is 0 Å². The third kappa shape index (κ3) is 2.20. The molecule has 1 heterocycles. The number of aromatic nitrogens is 1. The van der Waals surface area contributed by atoms with E-state index in [2.05, 4.69) is 4.98 Å². The average Bonchev–Trinajstić information content (AvgIpc) is 2.82. The van der Waals surface area contributed by atoms with Gasteiger partial charge in [-0.25, -0.2) is 4.98 Å². The van der Waals surface area contributed by atoms with E-state index in [1.165, 1.54) is 6.20 Å². The molecule has 0 aliphatic heterocycles. The lowest BCUT2D eigenvalue weighted by Gasteiger charge is -2.27. The Morgan fingerprint density at radius 2 is 2.29 bits per heavy atom. The smallest absolute Gasteiger partial charge is 0.384 e. The summed E-state index contributed by atoms with van der Waals surface area (Å²) in [5.41, 5.74) is -1.10. The molecule has 0 spiro atoms. The zero-order valence-corrected chi connectivity index (χ0v) is 10.2. The maximum Gasteiger partial charge on any atom is 0.443 e. The van der Waals surface area contributed by atoms with Crippen molar-refractivity contribution in [2.24, 2.45) is 5.92 Å². The molecule has 0 aromatic carbocycles. The summed E-state index contributed by atoms with van der Waals surface area (Å²) in [7, 11) is 0. The van der Waals surface area contributed by atoms with Gasteiger partial charge in [-0.15, -0.1) is 11.3 Å². The second-order valence-corrected chi connectivity index (χ2v) is 5.48. The van der Waals surface area contributed by atoms with E-state index in [0.717, 1.165) is 19.3 Å². The molecule has 0 amide bonds. The number of thiazole rings is 1. The Bertz CT molecular complexity index is 404. The first-order valence-corrected chi connectivity index (χ1v) is 6.45. The lowest BCUT2D eigenvalue weighted by atomic mass is 9.88. The molecule has 17 heavy (non-hydrogen) atoms. The molecule has 2 unspecified atom stereocenters. The third-order valence-corrected chi connectivity index (χ3v) is 4.66. The maximum atomic E-state index is 12.5. The molecule has 2 atom stereocenters. The molecule has 1 N–H and O–H groups in total. The van der Waals surface area contributed by atoms with Crippen LogP contribution < -0.4 is 0 Å². The molecule has 0 bridgehead atoms. The quantitative estimate of drug-likeness (QED) is 0.887. The predicted molar refractivity (Wildman–Crippen MR) is 58.6 cm³/mol. The van der Waals surface area contributed by atoms with Crippen LogP contribution in [-0.2, 0) is 11.8 Å². The average molecular weight is 265 g/mol. The van der Waals surface area contributed by atoms with Crippen molar-refractivity contribution in [1.82, 2.24) is 4.98 Å². The molecule has 0 radical (unpaired) electrons. The fourth-order valence-electron chi connectivity index (χ4n) is 2.53. The molecule has 1 aromatic rings. The van der Waals surface area contributed by atoms with Gasteiger partial charge in [0, 0.05) is 6.20 Å². The zero-order valence-electron chi connectivity index (χ0n) is 9.42. The minimum atomic E-state index is -4.42.